The van der Waals surface area contributed by atoms with Crippen LogP contribution in [0.25, 0.3) is 0 Å². The highest BCUT2D eigenvalue weighted by Gasteiger charge is 2.24. The molecule has 1 aliphatic carbocycles. The normalized spacial score (nSPS) is 21.6. The highest BCUT2D eigenvalue weighted by atomic mass is 16.6. The van der Waals surface area contributed by atoms with Crippen LogP contribution in [-0.4, -0.2) is 23.9 Å². The molecular weight excluding hydrogens is 270 g/mol. The van der Waals surface area contributed by atoms with Gasteiger partial charge in [-0.15, -0.1) is 0 Å². The van der Waals surface area contributed by atoms with Crippen molar-refractivity contribution in [3.05, 3.63) is 33.9 Å². The molecule has 2 N–H and O–H groups in total. The average Bonchev–Trinajstić information content (AvgIpc) is 2.48. The number of nitrogens with one attached hydrogen (secondary N) is 2. The first-order chi connectivity index (χ1) is 10.0. The summed E-state index contributed by atoms with van der Waals surface area (Å²) in [5, 5.41) is 16.8. The number of nitrogens with zero attached hydrogens (tertiary/aromatic N) is 1. The smallest absolute Gasteiger partial charge is 0.293 e. The van der Waals surface area contributed by atoms with Crippen molar-refractivity contribution in [2.75, 3.05) is 12.4 Å². The van der Waals surface area contributed by atoms with Crippen molar-refractivity contribution in [3.63, 3.8) is 0 Å². The summed E-state index contributed by atoms with van der Waals surface area (Å²) in [6, 6.07) is 4.71. The molecule has 21 heavy (non-hydrogen) atoms. The third-order valence-corrected chi connectivity index (χ3v) is 4.08. The number of nitro groups is 1. The highest BCUT2D eigenvalue weighted by molar-refractivity contribution is 6.01. The molecule has 1 saturated carbocycles. The number of hydrogen-bond donors (Lipinski definition) is 2. The molecule has 0 radical (unpaired) electrons. The molecular formula is C15H21N3O3. The molecule has 0 heterocycles. The molecule has 0 aromatic heterocycles. The van der Waals surface area contributed by atoms with E-state index < -0.39 is 4.92 Å². The second-order valence-corrected chi connectivity index (χ2v) is 5.64. The number of anilines is 1. The third-order valence-electron chi connectivity index (χ3n) is 4.08. The Bertz CT molecular complexity index is 537. The standard InChI is InChI=1S/C15H21N3O3/c1-10-6-8-11(9-7-10)17-15(19)12-4-3-5-13(18(20)21)14(12)16-2/h3-5,10-11,16H,6-9H2,1-2H3,(H,17,19). The minimum absolute atomic E-state index is 0.0811. The van der Waals surface area contributed by atoms with E-state index in [0.717, 1.165) is 25.7 Å². The highest BCUT2D eigenvalue weighted by Crippen LogP contribution is 2.29. The average molecular weight is 291 g/mol. The number of carbonyl (C=O) groups excluding carboxylic acids is 1. The lowest BCUT2D eigenvalue weighted by Crippen LogP contribution is -2.37. The van der Waals surface area contributed by atoms with Crippen molar-refractivity contribution >= 4 is 17.3 Å². The molecule has 0 spiro atoms. The number of para-hydroxylation sites is 1. The SMILES string of the molecule is CNc1c(C(=O)NC2CCC(C)CC2)cccc1[N+](=O)[O-]. The van der Waals surface area contributed by atoms with Gasteiger partial charge in [0.25, 0.3) is 11.6 Å². The Balaban J connectivity index is 2.15. The summed E-state index contributed by atoms with van der Waals surface area (Å²) >= 11 is 0. The van der Waals surface area contributed by atoms with Gasteiger partial charge in [-0.3, -0.25) is 14.9 Å². The monoisotopic (exact) mass is 291 g/mol. The Labute approximate surface area is 124 Å². The van der Waals surface area contributed by atoms with E-state index in [-0.39, 0.29) is 23.3 Å². The summed E-state index contributed by atoms with van der Waals surface area (Å²) in [5.41, 5.74) is 0.511. The van der Waals surface area contributed by atoms with Gasteiger partial charge in [0, 0.05) is 19.2 Å². The van der Waals surface area contributed by atoms with Crippen molar-refractivity contribution in [2.45, 2.75) is 38.6 Å². The molecule has 0 unspecified atom stereocenters. The maximum absolute atomic E-state index is 12.4. The zero-order valence-corrected chi connectivity index (χ0v) is 12.4. The van der Waals surface area contributed by atoms with Gasteiger partial charge >= 0.3 is 0 Å². The van der Waals surface area contributed by atoms with E-state index in [9.17, 15) is 14.9 Å². The second kappa shape index (κ2) is 6.56. The predicted octanol–water partition coefficient (Wildman–Crippen LogP) is 2.95. The number of nitro benzene ring substituents is 1. The van der Waals surface area contributed by atoms with E-state index in [1.54, 1.807) is 13.1 Å². The molecule has 0 saturated heterocycles. The van der Waals surface area contributed by atoms with Gasteiger partial charge in [0.15, 0.2) is 0 Å². The minimum Gasteiger partial charge on any atom is -0.382 e. The number of rotatable bonds is 4. The summed E-state index contributed by atoms with van der Waals surface area (Å²) in [7, 11) is 1.58. The van der Waals surface area contributed by atoms with Crippen LogP contribution in [-0.2, 0) is 0 Å². The molecule has 2 rings (SSSR count). The van der Waals surface area contributed by atoms with E-state index in [1.165, 1.54) is 12.1 Å². The van der Waals surface area contributed by atoms with E-state index >= 15 is 0 Å². The molecule has 6 nitrogen and oxygen atoms in total. The summed E-state index contributed by atoms with van der Waals surface area (Å²) in [6.45, 7) is 2.22. The van der Waals surface area contributed by atoms with Gasteiger partial charge in [-0.1, -0.05) is 13.0 Å². The molecule has 1 amide bonds. The first kappa shape index (κ1) is 15.3. The molecule has 0 aliphatic heterocycles. The topological polar surface area (TPSA) is 84.3 Å². The molecule has 1 fully saturated rings. The third kappa shape index (κ3) is 3.51. The van der Waals surface area contributed by atoms with Crippen LogP contribution in [0, 0.1) is 16.0 Å². The maximum atomic E-state index is 12.4. The van der Waals surface area contributed by atoms with Gasteiger partial charge in [0.05, 0.1) is 10.5 Å². The molecule has 1 aromatic rings. The maximum Gasteiger partial charge on any atom is 0.293 e. The van der Waals surface area contributed by atoms with Gasteiger partial charge in [-0.05, 0) is 37.7 Å². The Hall–Kier alpha value is -2.11. The molecule has 1 aliphatic rings. The van der Waals surface area contributed by atoms with Crippen LogP contribution in [0.3, 0.4) is 0 Å². The lowest BCUT2D eigenvalue weighted by Gasteiger charge is -2.27. The zero-order chi connectivity index (χ0) is 15.4. The van der Waals surface area contributed by atoms with Gasteiger partial charge in [-0.25, -0.2) is 0 Å². The second-order valence-electron chi connectivity index (χ2n) is 5.64. The van der Waals surface area contributed by atoms with Crippen LogP contribution in [0.15, 0.2) is 18.2 Å². The van der Waals surface area contributed by atoms with E-state index in [1.807, 2.05) is 0 Å². The van der Waals surface area contributed by atoms with Crippen LogP contribution in [0.4, 0.5) is 11.4 Å². The molecule has 0 bridgehead atoms. The largest absolute Gasteiger partial charge is 0.382 e. The van der Waals surface area contributed by atoms with Crippen molar-refractivity contribution in [1.82, 2.24) is 5.32 Å². The summed E-state index contributed by atoms with van der Waals surface area (Å²) in [5.74, 6) is 0.464. The van der Waals surface area contributed by atoms with E-state index in [2.05, 4.69) is 17.6 Å². The number of amides is 1. The lowest BCUT2D eigenvalue weighted by atomic mass is 9.87. The minimum atomic E-state index is -0.481. The van der Waals surface area contributed by atoms with E-state index in [0.29, 0.717) is 11.5 Å². The Morgan fingerprint density at radius 1 is 1.29 bits per heavy atom. The summed E-state index contributed by atoms with van der Waals surface area (Å²) < 4.78 is 0. The van der Waals surface area contributed by atoms with Crippen molar-refractivity contribution in [3.8, 4) is 0 Å². The van der Waals surface area contributed by atoms with E-state index in [4.69, 9.17) is 0 Å². The van der Waals surface area contributed by atoms with Crippen LogP contribution >= 0.6 is 0 Å². The zero-order valence-electron chi connectivity index (χ0n) is 12.4. The predicted molar refractivity (Wildman–Crippen MR) is 81.5 cm³/mol. The Kier molecular flexibility index (Phi) is 4.77. The number of benzene rings is 1. The van der Waals surface area contributed by atoms with Gasteiger partial charge in [-0.2, -0.15) is 0 Å². The van der Waals surface area contributed by atoms with Crippen molar-refractivity contribution < 1.29 is 9.72 Å². The van der Waals surface area contributed by atoms with Crippen molar-refractivity contribution in [1.29, 1.82) is 0 Å². The van der Waals surface area contributed by atoms with Crippen LogP contribution in [0.2, 0.25) is 0 Å². The molecule has 1 aromatic carbocycles. The summed E-state index contributed by atoms with van der Waals surface area (Å²) in [6.07, 6.45) is 4.16. The molecule has 0 atom stereocenters. The Morgan fingerprint density at radius 3 is 2.52 bits per heavy atom. The van der Waals surface area contributed by atoms with Gasteiger partial charge in [0.2, 0.25) is 0 Å². The molecule has 6 heteroatoms. The number of hydrogen-bond acceptors (Lipinski definition) is 4. The van der Waals surface area contributed by atoms with Crippen molar-refractivity contribution in [2.24, 2.45) is 5.92 Å². The van der Waals surface area contributed by atoms with Gasteiger partial charge < -0.3 is 10.6 Å². The lowest BCUT2D eigenvalue weighted by molar-refractivity contribution is -0.384. The van der Waals surface area contributed by atoms with Gasteiger partial charge in [0.1, 0.15) is 5.69 Å². The quantitative estimate of drug-likeness (QED) is 0.660. The first-order valence-electron chi connectivity index (χ1n) is 7.29. The fraction of sp³-hybridized carbons (Fsp3) is 0.533. The van der Waals surface area contributed by atoms with Crippen LogP contribution < -0.4 is 10.6 Å². The number of carbonyl (C=O) groups is 1. The molecule has 114 valence electrons. The fourth-order valence-corrected chi connectivity index (χ4v) is 2.81. The fourth-order valence-electron chi connectivity index (χ4n) is 2.81. The first-order valence-corrected chi connectivity index (χ1v) is 7.29. The van der Waals surface area contributed by atoms with Crippen LogP contribution in [0.1, 0.15) is 43.0 Å². The Morgan fingerprint density at radius 2 is 1.95 bits per heavy atom. The van der Waals surface area contributed by atoms with Crippen LogP contribution in [0.5, 0.6) is 0 Å². The summed E-state index contributed by atoms with van der Waals surface area (Å²) in [4.78, 5) is 22.9.